The lowest BCUT2D eigenvalue weighted by atomic mass is 10.0. The Hall–Kier alpha value is -1.64. The minimum Gasteiger partial charge on any atom is -0.339 e. The van der Waals surface area contributed by atoms with Crippen LogP contribution in [0.5, 0.6) is 0 Å². The first-order valence-corrected chi connectivity index (χ1v) is 5.49. The third-order valence-electron chi connectivity index (χ3n) is 2.62. The topological polar surface area (TPSA) is 37.4 Å². The number of aryl methyl sites for hydroxylation is 1. The fourth-order valence-electron chi connectivity index (χ4n) is 1.66. The molecule has 0 aromatic heterocycles. The number of hydrogen-bond donors (Lipinski definition) is 0. The second kappa shape index (κ2) is 5.45. The molecule has 3 heteroatoms. The molecule has 0 radical (unpaired) electrons. The van der Waals surface area contributed by atoms with Gasteiger partial charge < -0.3 is 4.90 Å². The van der Waals surface area contributed by atoms with Crippen LogP contribution in [0, 0.1) is 6.92 Å². The molecule has 16 heavy (non-hydrogen) atoms. The Morgan fingerprint density at radius 2 is 1.94 bits per heavy atom. The summed E-state index contributed by atoms with van der Waals surface area (Å²) >= 11 is 0. The molecule has 0 atom stereocenters. The van der Waals surface area contributed by atoms with E-state index in [9.17, 15) is 9.59 Å². The van der Waals surface area contributed by atoms with Crippen molar-refractivity contribution in [3.63, 3.8) is 0 Å². The summed E-state index contributed by atoms with van der Waals surface area (Å²) in [7, 11) is 0. The van der Waals surface area contributed by atoms with Gasteiger partial charge in [0.2, 0.25) is 0 Å². The van der Waals surface area contributed by atoms with Gasteiger partial charge >= 0.3 is 0 Å². The summed E-state index contributed by atoms with van der Waals surface area (Å²) in [6.45, 7) is 7.06. The van der Waals surface area contributed by atoms with Gasteiger partial charge in [0.05, 0.1) is 5.56 Å². The molecule has 0 aliphatic carbocycles. The summed E-state index contributed by atoms with van der Waals surface area (Å²) in [5.74, 6) is -0.0768. The number of hydrogen-bond acceptors (Lipinski definition) is 2. The number of carbonyl (C=O) groups is 2. The zero-order valence-electron chi connectivity index (χ0n) is 9.99. The average molecular weight is 219 g/mol. The molecule has 3 nitrogen and oxygen atoms in total. The lowest BCUT2D eigenvalue weighted by Gasteiger charge is -2.19. The lowest BCUT2D eigenvalue weighted by molar-refractivity contribution is 0.0770. The van der Waals surface area contributed by atoms with Crippen molar-refractivity contribution in [1.29, 1.82) is 0 Å². The lowest BCUT2D eigenvalue weighted by Crippen LogP contribution is -2.31. The number of nitrogens with zero attached hydrogens (tertiary/aromatic N) is 1. The fourth-order valence-corrected chi connectivity index (χ4v) is 1.66. The molecule has 0 unspecified atom stereocenters. The smallest absolute Gasteiger partial charge is 0.254 e. The van der Waals surface area contributed by atoms with Gasteiger partial charge in [-0.1, -0.05) is 11.6 Å². The van der Waals surface area contributed by atoms with Gasteiger partial charge in [-0.15, -0.1) is 0 Å². The molecule has 0 bridgehead atoms. The van der Waals surface area contributed by atoms with Crippen molar-refractivity contribution in [3.05, 3.63) is 34.9 Å². The van der Waals surface area contributed by atoms with Crippen molar-refractivity contribution < 1.29 is 9.59 Å². The van der Waals surface area contributed by atoms with Crippen LogP contribution in [0.2, 0.25) is 0 Å². The fraction of sp³-hybridized carbons (Fsp3) is 0.385. The minimum absolute atomic E-state index is 0.0768. The first kappa shape index (κ1) is 12.4. The van der Waals surface area contributed by atoms with Gasteiger partial charge in [0.15, 0.2) is 6.29 Å². The first-order chi connectivity index (χ1) is 7.63. The van der Waals surface area contributed by atoms with Gasteiger partial charge in [-0.3, -0.25) is 9.59 Å². The second-order valence-corrected chi connectivity index (χ2v) is 3.69. The van der Waals surface area contributed by atoms with Crippen LogP contribution in [0.15, 0.2) is 18.2 Å². The Kier molecular flexibility index (Phi) is 4.23. The molecule has 1 aromatic rings. The third-order valence-corrected chi connectivity index (χ3v) is 2.62. The van der Waals surface area contributed by atoms with Crippen molar-refractivity contribution in [2.24, 2.45) is 0 Å². The van der Waals surface area contributed by atoms with Crippen molar-refractivity contribution in [3.8, 4) is 0 Å². The molecular weight excluding hydrogens is 202 g/mol. The molecule has 0 saturated heterocycles. The summed E-state index contributed by atoms with van der Waals surface area (Å²) in [4.78, 5) is 24.7. The van der Waals surface area contributed by atoms with E-state index in [4.69, 9.17) is 0 Å². The van der Waals surface area contributed by atoms with Crippen molar-refractivity contribution >= 4 is 12.2 Å². The molecule has 0 aliphatic rings. The minimum atomic E-state index is -0.0768. The number of aldehydes is 1. The second-order valence-electron chi connectivity index (χ2n) is 3.69. The molecule has 0 fully saturated rings. The van der Waals surface area contributed by atoms with Crippen molar-refractivity contribution in [2.45, 2.75) is 20.8 Å². The average Bonchev–Trinajstić information content (AvgIpc) is 2.30. The van der Waals surface area contributed by atoms with Crippen LogP contribution in [0.4, 0.5) is 0 Å². The van der Waals surface area contributed by atoms with E-state index >= 15 is 0 Å². The summed E-state index contributed by atoms with van der Waals surface area (Å²) in [6, 6.07) is 5.31. The van der Waals surface area contributed by atoms with Crippen LogP contribution >= 0.6 is 0 Å². The predicted octanol–water partition coefficient (Wildman–Crippen LogP) is 2.29. The molecule has 1 aromatic carbocycles. The van der Waals surface area contributed by atoms with Crippen LogP contribution in [0.25, 0.3) is 0 Å². The predicted molar refractivity (Wildman–Crippen MR) is 63.8 cm³/mol. The van der Waals surface area contributed by atoms with Gasteiger partial charge in [-0.2, -0.15) is 0 Å². The molecule has 0 saturated carbocycles. The monoisotopic (exact) mass is 219 g/mol. The Bertz CT molecular complexity index is 395. The highest BCUT2D eigenvalue weighted by molar-refractivity contribution is 6.01. The van der Waals surface area contributed by atoms with E-state index in [2.05, 4.69) is 0 Å². The Morgan fingerprint density at radius 1 is 1.31 bits per heavy atom. The van der Waals surface area contributed by atoms with Gasteiger partial charge in [-0.05, 0) is 32.9 Å². The maximum atomic E-state index is 12.1. The first-order valence-electron chi connectivity index (χ1n) is 5.49. The van der Waals surface area contributed by atoms with E-state index < -0.39 is 0 Å². The van der Waals surface area contributed by atoms with E-state index in [-0.39, 0.29) is 5.91 Å². The maximum Gasteiger partial charge on any atom is 0.254 e. The Morgan fingerprint density at radius 3 is 2.44 bits per heavy atom. The molecular formula is C13H17NO2. The quantitative estimate of drug-likeness (QED) is 0.728. The third kappa shape index (κ3) is 2.48. The molecule has 86 valence electrons. The zero-order valence-corrected chi connectivity index (χ0v) is 9.99. The molecule has 0 heterocycles. The number of rotatable bonds is 4. The van der Waals surface area contributed by atoms with Crippen LogP contribution in [0.3, 0.4) is 0 Å². The van der Waals surface area contributed by atoms with E-state index in [0.29, 0.717) is 24.2 Å². The maximum absolute atomic E-state index is 12.1. The number of carbonyl (C=O) groups excluding carboxylic acids is 2. The highest BCUT2D eigenvalue weighted by atomic mass is 16.2. The highest BCUT2D eigenvalue weighted by Crippen LogP contribution is 2.12. The number of amides is 1. The van der Waals surface area contributed by atoms with Crippen molar-refractivity contribution in [1.82, 2.24) is 4.90 Å². The Balaban J connectivity index is 3.12. The van der Waals surface area contributed by atoms with E-state index in [1.165, 1.54) is 0 Å². The van der Waals surface area contributed by atoms with Crippen LogP contribution in [0.1, 0.15) is 40.1 Å². The van der Waals surface area contributed by atoms with Crippen molar-refractivity contribution in [2.75, 3.05) is 13.1 Å². The molecule has 1 amide bonds. The van der Waals surface area contributed by atoms with Crippen LogP contribution in [-0.4, -0.2) is 30.2 Å². The molecule has 0 N–H and O–H groups in total. The summed E-state index contributed by atoms with van der Waals surface area (Å²) in [6.07, 6.45) is 0.740. The van der Waals surface area contributed by atoms with Crippen LogP contribution in [-0.2, 0) is 0 Å². The Labute approximate surface area is 96.1 Å². The molecule has 1 rings (SSSR count). The molecule has 0 spiro atoms. The van der Waals surface area contributed by atoms with E-state index in [0.717, 1.165) is 11.8 Å². The van der Waals surface area contributed by atoms with Gasteiger partial charge in [-0.25, -0.2) is 0 Å². The molecule has 0 aliphatic heterocycles. The highest BCUT2D eigenvalue weighted by Gasteiger charge is 2.15. The zero-order chi connectivity index (χ0) is 12.1. The summed E-state index contributed by atoms with van der Waals surface area (Å²) in [5, 5.41) is 0. The van der Waals surface area contributed by atoms with E-state index in [1.54, 1.807) is 17.0 Å². The standard InChI is InChI=1S/C13H17NO2/c1-4-14(5-2)13(16)12-7-6-10(3)8-11(12)9-15/h6-9H,4-5H2,1-3H3. The largest absolute Gasteiger partial charge is 0.339 e. The van der Waals surface area contributed by atoms with Gasteiger partial charge in [0.25, 0.3) is 5.91 Å². The van der Waals surface area contributed by atoms with E-state index in [1.807, 2.05) is 26.8 Å². The summed E-state index contributed by atoms with van der Waals surface area (Å²) < 4.78 is 0. The number of benzene rings is 1. The SMILES string of the molecule is CCN(CC)C(=O)c1ccc(C)cc1C=O. The van der Waals surface area contributed by atoms with Crippen LogP contribution < -0.4 is 0 Å². The van der Waals surface area contributed by atoms with Gasteiger partial charge in [0.1, 0.15) is 0 Å². The van der Waals surface area contributed by atoms with Gasteiger partial charge in [0, 0.05) is 18.7 Å². The normalized spacial score (nSPS) is 9.94. The summed E-state index contributed by atoms with van der Waals surface area (Å²) in [5.41, 5.74) is 1.94.